The molecule has 0 saturated heterocycles. The van der Waals surface area contributed by atoms with E-state index in [1.54, 1.807) is 6.07 Å². The van der Waals surface area contributed by atoms with Gasteiger partial charge in [-0.1, -0.05) is 12.1 Å². The first-order valence-electron chi connectivity index (χ1n) is 4.95. The maximum absolute atomic E-state index is 12.6. The summed E-state index contributed by atoms with van der Waals surface area (Å²) in [5.74, 6) is 0.708. The highest BCUT2D eigenvalue weighted by molar-refractivity contribution is 7.98. The normalized spacial score (nSPS) is 11.0. The Morgan fingerprint density at radius 3 is 2.82 bits per heavy atom. The monoisotopic (exact) mass is 255 g/mol. The van der Waals surface area contributed by atoms with E-state index < -0.39 is 6.55 Å². The van der Waals surface area contributed by atoms with Gasteiger partial charge in [-0.05, 0) is 12.1 Å². The maximum Gasteiger partial charge on any atom is 0.319 e. The van der Waals surface area contributed by atoms with Crippen LogP contribution in [0.2, 0.25) is 0 Å². The van der Waals surface area contributed by atoms with Crippen LogP contribution < -0.4 is 5.73 Å². The number of para-hydroxylation sites is 1. The number of anilines is 1. The van der Waals surface area contributed by atoms with Crippen LogP contribution in [0, 0.1) is 0 Å². The minimum Gasteiger partial charge on any atom is -0.398 e. The number of halogens is 2. The molecule has 17 heavy (non-hydrogen) atoms. The zero-order valence-corrected chi connectivity index (χ0v) is 9.70. The number of nitrogen functional groups attached to an aromatic ring is 1. The molecule has 6 heteroatoms. The van der Waals surface area contributed by atoms with Crippen molar-refractivity contribution in [1.29, 1.82) is 0 Å². The third-order valence-electron chi connectivity index (χ3n) is 2.23. The fourth-order valence-corrected chi connectivity index (χ4v) is 2.31. The number of hydrogen-bond donors (Lipinski definition) is 1. The maximum atomic E-state index is 12.6. The third-order valence-corrected chi connectivity index (χ3v) is 3.32. The molecule has 3 nitrogen and oxygen atoms in total. The summed E-state index contributed by atoms with van der Waals surface area (Å²) in [7, 11) is 0. The van der Waals surface area contributed by atoms with Gasteiger partial charge in [0.05, 0.1) is 5.75 Å². The molecule has 2 rings (SSSR count). The molecule has 0 amide bonds. The number of thioether (sulfide) groups is 1. The van der Waals surface area contributed by atoms with E-state index in [2.05, 4.69) is 4.98 Å². The molecule has 0 radical (unpaired) electrons. The fraction of sp³-hybridized carbons (Fsp3) is 0.182. The van der Waals surface area contributed by atoms with Gasteiger partial charge < -0.3 is 5.73 Å². The number of rotatable bonds is 4. The minimum atomic E-state index is -2.55. The average molecular weight is 255 g/mol. The van der Waals surface area contributed by atoms with Crippen LogP contribution in [0.4, 0.5) is 14.5 Å². The van der Waals surface area contributed by atoms with Crippen molar-refractivity contribution in [2.24, 2.45) is 0 Å². The lowest BCUT2D eigenvalue weighted by molar-refractivity contribution is 0.0678. The van der Waals surface area contributed by atoms with Crippen molar-refractivity contribution in [2.75, 3.05) is 5.73 Å². The van der Waals surface area contributed by atoms with Crippen molar-refractivity contribution in [3.8, 4) is 0 Å². The zero-order chi connectivity index (χ0) is 12.3. The van der Waals surface area contributed by atoms with Gasteiger partial charge in [-0.3, -0.25) is 4.57 Å². The molecule has 0 unspecified atom stereocenters. The van der Waals surface area contributed by atoms with Crippen LogP contribution in [0.3, 0.4) is 0 Å². The molecule has 2 N–H and O–H groups in total. The Hall–Kier alpha value is -1.56. The minimum absolute atomic E-state index is 0.341. The molecule has 0 bridgehead atoms. The Bertz CT molecular complexity index is 499. The van der Waals surface area contributed by atoms with Crippen LogP contribution in [0.25, 0.3) is 0 Å². The average Bonchev–Trinajstić information content (AvgIpc) is 2.76. The van der Waals surface area contributed by atoms with E-state index in [0.29, 0.717) is 17.3 Å². The molecule has 2 aromatic rings. The number of alkyl halides is 2. The molecule has 1 aromatic carbocycles. The third kappa shape index (κ3) is 2.76. The summed E-state index contributed by atoms with van der Waals surface area (Å²) in [6.07, 6.45) is 2.64. The lowest BCUT2D eigenvalue weighted by Gasteiger charge is -2.07. The molecule has 90 valence electrons. The standard InChI is InChI=1S/C11H11F2N3S/c12-11(13)16-6-5-15-10(16)7-17-9-4-2-1-3-8(9)14/h1-6,11H,7,14H2. The van der Waals surface area contributed by atoms with Crippen molar-refractivity contribution < 1.29 is 8.78 Å². The lowest BCUT2D eigenvalue weighted by Crippen LogP contribution is -2.02. The van der Waals surface area contributed by atoms with Crippen molar-refractivity contribution >= 4 is 17.4 Å². The number of nitrogens with zero attached hydrogens (tertiary/aromatic N) is 2. The first-order valence-corrected chi connectivity index (χ1v) is 5.94. The van der Waals surface area contributed by atoms with Gasteiger partial charge in [0.1, 0.15) is 5.82 Å². The quantitative estimate of drug-likeness (QED) is 0.674. The van der Waals surface area contributed by atoms with Gasteiger partial charge in [-0.25, -0.2) is 4.98 Å². The molecular weight excluding hydrogens is 244 g/mol. The predicted molar refractivity (Wildman–Crippen MR) is 63.9 cm³/mol. The van der Waals surface area contributed by atoms with Crippen molar-refractivity contribution in [2.45, 2.75) is 17.2 Å². The molecule has 0 aliphatic heterocycles. The highest BCUT2D eigenvalue weighted by Gasteiger charge is 2.11. The van der Waals surface area contributed by atoms with Gasteiger partial charge in [-0.15, -0.1) is 11.8 Å². The Balaban J connectivity index is 2.08. The van der Waals surface area contributed by atoms with E-state index in [9.17, 15) is 8.78 Å². The molecule has 0 spiro atoms. The Labute approximate surface area is 102 Å². The van der Waals surface area contributed by atoms with Crippen LogP contribution in [0.5, 0.6) is 0 Å². The van der Waals surface area contributed by atoms with E-state index in [1.165, 1.54) is 24.2 Å². The summed E-state index contributed by atoms with van der Waals surface area (Å²) in [5, 5.41) is 0. The fourth-order valence-electron chi connectivity index (χ4n) is 1.39. The van der Waals surface area contributed by atoms with Gasteiger partial charge in [-0.2, -0.15) is 8.78 Å². The second-order valence-corrected chi connectivity index (χ2v) is 4.37. The van der Waals surface area contributed by atoms with Gasteiger partial charge in [0.15, 0.2) is 0 Å². The summed E-state index contributed by atoms with van der Waals surface area (Å²) in [5.41, 5.74) is 6.41. The Morgan fingerprint density at radius 2 is 2.12 bits per heavy atom. The highest BCUT2D eigenvalue weighted by atomic mass is 32.2. The van der Waals surface area contributed by atoms with Crippen LogP contribution in [0.1, 0.15) is 12.4 Å². The molecule has 1 aromatic heterocycles. The van der Waals surface area contributed by atoms with E-state index in [4.69, 9.17) is 5.73 Å². The van der Waals surface area contributed by atoms with Crippen molar-refractivity contribution in [1.82, 2.24) is 9.55 Å². The van der Waals surface area contributed by atoms with Gasteiger partial charge in [0.25, 0.3) is 0 Å². The summed E-state index contributed by atoms with van der Waals surface area (Å²) < 4.78 is 26.0. The SMILES string of the molecule is Nc1ccccc1SCc1nccn1C(F)F. The molecule has 1 heterocycles. The van der Waals surface area contributed by atoms with Gasteiger partial charge in [0, 0.05) is 23.0 Å². The lowest BCUT2D eigenvalue weighted by atomic mass is 10.3. The number of benzene rings is 1. The zero-order valence-electron chi connectivity index (χ0n) is 8.88. The van der Waals surface area contributed by atoms with E-state index in [1.807, 2.05) is 18.2 Å². The smallest absolute Gasteiger partial charge is 0.319 e. The molecule has 0 fully saturated rings. The van der Waals surface area contributed by atoms with Crippen LogP contribution >= 0.6 is 11.8 Å². The van der Waals surface area contributed by atoms with E-state index in [-0.39, 0.29) is 0 Å². The topological polar surface area (TPSA) is 43.8 Å². The number of nitrogens with two attached hydrogens (primary N) is 1. The largest absolute Gasteiger partial charge is 0.398 e. The van der Waals surface area contributed by atoms with E-state index in [0.717, 1.165) is 9.46 Å². The second kappa shape index (κ2) is 5.18. The van der Waals surface area contributed by atoms with Crippen LogP contribution in [-0.4, -0.2) is 9.55 Å². The molecular formula is C11H11F2N3S. The van der Waals surface area contributed by atoms with Gasteiger partial charge in [0.2, 0.25) is 0 Å². The molecule has 0 aliphatic rings. The summed E-state index contributed by atoms with van der Waals surface area (Å²) in [4.78, 5) is 4.78. The van der Waals surface area contributed by atoms with Crippen LogP contribution in [-0.2, 0) is 5.75 Å². The first-order chi connectivity index (χ1) is 8.18. The van der Waals surface area contributed by atoms with Crippen LogP contribution in [0.15, 0.2) is 41.6 Å². The second-order valence-electron chi connectivity index (χ2n) is 3.35. The Morgan fingerprint density at radius 1 is 1.35 bits per heavy atom. The summed E-state index contributed by atoms with van der Waals surface area (Å²) >= 11 is 1.39. The van der Waals surface area contributed by atoms with Crippen molar-refractivity contribution in [3.63, 3.8) is 0 Å². The first kappa shape index (κ1) is 11.9. The molecule has 0 atom stereocenters. The Kier molecular flexibility index (Phi) is 3.63. The highest BCUT2D eigenvalue weighted by Crippen LogP contribution is 2.28. The van der Waals surface area contributed by atoms with Gasteiger partial charge >= 0.3 is 6.55 Å². The molecule has 0 saturated carbocycles. The van der Waals surface area contributed by atoms with Crippen molar-refractivity contribution in [3.05, 3.63) is 42.5 Å². The predicted octanol–water partition coefficient (Wildman–Crippen LogP) is 3.15. The molecule has 0 aliphatic carbocycles. The van der Waals surface area contributed by atoms with E-state index >= 15 is 0 Å². The number of imidazole rings is 1. The number of aromatic nitrogens is 2. The summed E-state index contributed by atoms with van der Waals surface area (Å²) in [6, 6.07) is 7.33. The summed E-state index contributed by atoms with van der Waals surface area (Å²) in [6.45, 7) is -2.55. The number of hydrogen-bond acceptors (Lipinski definition) is 3.